The van der Waals surface area contributed by atoms with Gasteiger partial charge >= 0.3 is 11.9 Å². The highest BCUT2D eigenvalue weighted by Gasteiger charge is 2.52. The number of esters is 1. The average Bonchev–Trinajstić information content (AvgIpc) is 3.24. The maximum Gasteiger partial charge on any atom is 0.348 e. The third-order valence-electron chi connectivity index (χ3n) is 4.97. The molecule has 0 bridgehead atoms. The average molecular weight is 430 g/mol. The van der Waals surface area contributed by atoms with E-state index in [1.54, 1.807) is 12.1 Å². The number of nitrogens with zero attached hydrogens (tertiary/aromatic N) is 1. The van der Waals surface area contributed by atoms with E-state index in [2.05, 4.69) is 11.7 Å². The number of aliphatic hydroxyl groups excluding tert-OH is 1. The van der Waals surface area contributed by atoms with Crippen molar-refractivity contribution in [2.45, 2.75) is 69.9 Å². The fraction of sp³-hybridized carbons (Fsp3) is 0.619. The Hall–Kier alpha value is -1.80. The van der Waals surface area contributed by atoms with Crippen LogP contribution in [0.5, 0.6) is 0 Å². The number of carbonyl (C=O) groups is 2. The summed E-state index contributed by atoms with van der Waals surface area (Å²) in [5, 5.41) is 10.00. The van der Waals surface area contributed by atoms with Crippen molar-refractivity contribution in [2.75, 3.05) is 13.7 Å². The van der Waals surface area contributed by atoms with Crippen LogP contribution in [0.1, 0.15) is 60.0 Å². The number of unbranched alkanes of at least 4 members (excludes halogenated alkanes) is 2. The first-order valence-electron chi connectivity index (χ1n) is 10.0. The zero-order valence-corrected chi connectivity index (χ0v) is 17.7. The maximum atomic E-state index is 14.0. The molecule has 0 aromatic carbocycles. The van der Waals surface area contributed by atoms with Gasteiger partial charge in [0.2, 0.25) is 0 Å². The van der Waals surface area contributed by atoms with E-state index in [9.17, 15) is 23.5 Å². The minimum absolute atomic E-state index is 0.195. The van der Waals surface area contributed by atoms with Crippen molar-refractivity contribution in [3.05, 3.63) is 34.0 Å². The van der Waals surface area contributed by atoms with Crippen molar-refractivity contribution >= 4 is 23.2 Å². The Morgan fingerprint density at radius 2 is 2.17 bits per heavy atom. The van der Waals surface area contributed by atoms with Gasteiger partial charge in [-0.3, -0.25) is 4.79 Å². The zero-order valence-electron chi connectivity index (χ0n) is 16.9. The SMILES string of the molecule is CCCCCC(O)/C=C/[C@H]1CC(F)(F)C(=O)N1CCCc1ccc(C(=O)OC)s1. The molecule has 5 nitrogen and oxygen atoms in total. The lowest BCUT2D eigenvalue weighted by Crippen LogP contribution is -2.36. The van der Waals surface area contributed by atoms with Crippen molar-refractivity contribution in [1.82, 2.24) is 4.90 Å². The molecule has 2 atom stereocenters. The number of carbonyl (C=O) groups excluding carboxylic acids is 2. The first-order chi connectivity index (χ1) is 13.8. The number of likely N-dealkylation sites (tertiary alicyclic amines) is 1. The summed E-state index contributed by atoms with van der Waals surface area (Å²) in [7, 11) is 1.31. The first kappa shape index (κ1) is 23.5. The standard InChI is InChI=1S/C21H29F2NO4S/c1-3-4-5-7-16(25)10-9-15-14-21(22,23)20(27)24(15)13-6-8-17-11-12-18(29-17)19(26)28-2/h9-12,15-16,25H,3-8,13-14H2,1-2H3/b10-9+/t15-,16?/m0/s1. The molecule has 162 valence electrons. The van der Waals surface area contributed by atoms with Gasteiger partial charge in [-0.25, -0.2) is 4.79 Å². The first-order valence-corrected chi connectivity index (χ1v) is 10.8. The van der Waals surface area contributed by atoms with Gasteiger partial charge in [0.1, 0.15) is 4.88 Å². The Kier molecular flexibility index (Phi) is 8.77. The summed E-state index contributed by atoms with van der Waals surface area (Å²) in [5.41, 5.74) is 0. The normalized spacial score (nSPS) is 19.8. The third-order valence-corrected chi connectivity index (χ3v) is 6.09. The number of rotatable bonds is 11. The molecule has 0 spiro atoms. The molecule has 1 unspecified atom stereocenters. The fourth-order valence-electron chi connectivity index (χ4n) is 3.36. The second-order valence-electron chi connectivity index (χ2n) is 7.28. The van der Waals surface area contributed by atoms with Crippen LogP contribution in [-0.4, -0.2) is 53.6 Å². The van der Waals surface area contributed by atoms with Crippen LogP contribution in [0.15, 0.2) is 24.3 Å². The number of aliphatic hydroxyl groups is 1. The van der Waals surface area contributed by atoms with Crippen LogP contribution in [0.2, 0.25) is 0 Å². The molecule has 8 heteroatoms. The Morgan fingerprint density at radius 3 is 2.86 bits per heavy atom. The molecule has 29 heavy (non-hydrogen) atoms. The van der Waals surface area contributed by atoms with Crippen molar-refractivity contribution in [1.29, 1.82) is 0 Å². The fourth-order valence-corrected chi connectivity index (χ4v) is 4.33. The number of hydrogen-bond acceptors (Lipinski definition) is 5. The minimum Gasteiger partial charge on any atom is -0.465 e. The van der Waals surface area contributed by atoms with Gasteiger partial charge < -0.3 is 14.7 Å². The quantitative estimate of drug-likeness (QED) is 0.325. The van der Waals surface area contributed by atoms with Gasteiger partial charge in [0.15, 0.2) is 0 Å². The van der Waals surface area contributed by atoms with Gasteiger partial charge in [-0.1, -0.05) is 38.3 Å². The van der Waals surface area contributed by atoms with Crippen molar-refractivity contribution in [2.24, 2.45) is 0 Å². The van der Waals surface area contributed by atoms with Crippen molar-refractivity contribution < 1.29 is 28.2 Å². The van der Waals surface area contributed by atoms with E-state index in [1.807, 2.05) is 0 Å². The molecular formula is C21H29F2NO4S. The molecule has 1 fully saturated rings. The van der Waals surface area contributed by atoms with Gasteiger partial charge in [-0.2, -0.15) is 8.78 Å². The summed E-state index contributed by atoms with van der Waals surface area (Å²) in [6, 6.07) is 2.76. The van der Waals surface area contributed by atoms with Gasteiger partial charge in [0, 0.05) is 17.8 Å². The molecule has 1 aromatic heterocycles. The number of alkyl halides is 2. The number of ether oxygens (including phenoxy) is 1. The number of methoxy groups -OCH3 is 1. The smallest absolute Gasteiger partial charge is 0.348 e. The molecule has 0 saturated carbocycles. The van der Waals surface area contributed by atoms with Gasteiger partial charge in [0.25, 0.3) is 5.91 Å². The summed E-state index contributed by atoms with van der Waals surface area (Å²) in [6.45, 7) is 2.26. The molecule has 2 heterocycles. The van der Waals surface area contributed by atoms with Crippen LogP contribution in [0.4, 0.5) is 8.78 Å². The lowest BCUT2D eigenvalue weighted by molar-refractivity contribution is -0.148. The van der Waals surface area contributed by atoms with Crippen LogP contribution >= 0.6 is 11.3 Å². The number of halogens is 2. The molecular weight excluding hydrogens is 400 g/mol. The predicted molar refractivity (Wildman–Crippen MR) is 108 cm³/mol. The largest absolute Gasteiger partial charge is 0.465 e. The molecule has 1 aromatic rings. The van der Waals surface area contributed by atoms with Gasteiger partial charge in [-0.15, -0.1) is 11.3 Å². The highest BCUT2D eigenvalue weighted by Crippen LogP contribution is 2.34. The van der Waals surface area contributed by atoms with Crippen LogP contribution in [0.3, 0.4) is 0 Å². The van der Waals surface area contributed by atoms with E-state index >= 15 is 0 Å². The van der Waals surface area contributed by atoms with Crippen LogP contribution in [-0.2, 0) is 16.0 Å². The van der Waals surface area contributed by atoms with E-state index in [-0.39, 0.29) is 6.54 Å². The lowest BCUT2D eigenvalue weighted by Gasteiger charge is -2.21. The van der Waals surface area contributed by atoms with Crippen molar-refractivity contribution in [3.8, 4) is 0 Å². The summed E-state index contributed by atoms with van der Waals surface area (Å²) >= 11 is 1.30. The molecule has 2 rings (SSSR count). The van der Waals surface area contributed by atoms with Gasteiger partial charge in [0.05, 0.1) is 19.3 Å². The summed E-state index contributed by atoms with van der Waals surface area (Å²) in [5.74, 6) is -4.93. The zero-order chi connectivity index (χ0) is 21.4. The Bertz CT molecular complexity index is 719. The number of aryl methyl sites for hydroxylation is 1. The molecule has 1 aliphatic rings. The topological polar surface area (TPSA) is 66.8 Å². The van der Waals surface area contributed by atoms with E-state index in [4.69, 9.17) is 0 Å². The maximum absolute atomic E-state index is 14.0. The second-order valence-corrected chi connectivity index (χ2v) is 8.45. The molecule has 1 N–H and O–H groups in total. The van der Waals surface area contributed by atoms with Crippen molar-refractivity contribution in [3.63, 3.8) is 0 Å². The third kappa shape index (κ3) is 6.60. The van der Waals surface area contributed by atoms with E-state index in [1.165, 1.54) is 35.5 Å². The lowest BCUT2D eigenvalue weighted by atomic mass is 10.1. The van der Waals surface area contributed by atoms with E-state index in [0.717, 1.165) is 24.1 Å². The second kappa shape index (κ2) is 10.8. The molecule has 0 aliphatic carbocycles. The Labute approximate surface area is 174 Å². The van der Waals surface area contributed by atoms with E-state index in [0.29, 0.717) is 24.1 Å². The highest BCUT2D eigenvalue weighted by molar-refractivity contribution is 7.13. The highest BCUT2D eigenvalue weighted by atomic mass is 32.1. The molecule has 1 saturated heterocycles. The number of hydrogen-bond donors (Lipinski definition) is 1. The van der Waals surface area contributed by atoms with Crippen LogP contribution < -0.4 is 0 Å². The molecule has 1 amide bonds. The van der Waals surface area contributed by atoms with E-state index < -0.39 is 36.4 Å². The molecule has 1 aliphatic heterocycles. The van der Waals surface area contributed by atoms with Crippen LogP contribution in [0, 0.1) is 0 Å². The Balaban J connectivity index is 1.92. The summed E-state index contributed by atoms with van der Waals surface area (Å²) < 4.78 is 32.6. The number of amides is 1. The monoisotopic (exact) mass is 429 g/mol. The Morgan fingerprint density at radius 1 is 1.41 bits per heavy atom. The van der Waals surface area contributed by atoms with Gasteiger partial charge in [-0.05, 0) is 31.4 Å². The summed E-state index contributed by atoms with van der Waals surface area (Å²) in [4.78, 5) is 26.2. The summed E-state index contributed by atoms with van der Waals surface area (Å²) in [6.07, 6.45) is 6.42. The minimum atomic E-state index is -3.37. The molecule has 0 radical (unpaired) electrons. The number of thiophene rings is 1. The predicted octanol–water partition coefficient (Wildman–Crippen LogP) is 4.20. The van der Waals surface area contributed by atoms with Crippen LogP contribution in [0.25, 0.3) is 0 Å².